The molecule has 0 fully saturated rings. The first-order chi connectivity index (χ1) is 1.00. The molecular weight excluding hydrogens is 475 g/mol. The van der Waals surface area contributed by atoms with Crippen molar-refractivity contribution in [1.82, 2.24) is 0 Å². The van der Waals surface area contributed by atoms with E-state index in [0.29, 0.717) is 19.8 Å². The van der Waals surface area contributed by atoms with Gasteiger partial charge in [-0.3, -0.25) is 0 Å². The van der Waals surface area contributed by atoms with Gasteiger partial charge in [0.15, 0.2) is 0 Å². The molecule has 0 atom stereocenters. The Morgan fingerprint density at radius 3 is 1.17 bits per heavy atom. The first kappa shape index (κ1) is 30.2. The van der Waals surface area contributed by atoms with Crippen molar-refractivity contribution in [3.8, 4) is 0 Å². The number of rotatable bonds is 0. The summed E-state index contributed by atoms with van der Waals surface area (Å²) in [5.74, 6) is 0. The van der Waals surface area contributed by atoms with Crippen LogP contribution in [-0.4, -0.2) is 89.1 Å². The molecule has 0 aliphatic heterocycles. The van der Waals surface area contributed by atoms with Crippen molar-refractivity contribution in [3.63, 3.8) is 0 Å². The third kappa shape index (κ3) is 22.8. The fourth-order valence-electron chi connectivity index (χ4n) is 0. The summed E-state index contributed by atoms with van der Waals surface area (Å²) < 4.78 is 8.33. The topological polar surface area (TPSA) is 17.1 Å². The molecule has 0 rings (SSSR count). The molecule has 0 aliphatic rings. The molecule has 0 saturated heterocycles. The Hall–Kier alpha value is 5.28. The van der Waals surface area contributed by atoms with Crippen LogP contribution in [0.15, 0.2) is 0 Å². The summed E-state index contributed by atoms with van der Waals surface area (Å²) >= 11 is 0.333. The quantitative estimate of drug-likeness (QED) is 0.417. The van der Waals surface area contributed by atoms with Gasteiger partial charge in [-0.1, -0.05) is 0 Å². The minimum absolute atomic E-state index is 0. The molecule has 0 aromatic carbocycles. The van der Waals surface area contributed by atoms with E-state index in [1.54, 1.807) is 0 Å². The van der Waals surface area contributed by atoms with Gasteiger partial charge in [0, 0.05) is 148 Å². The molecule has 0 unspecified atom stereocenters. The van der Waals surface area contributed by atoms with Gasteiger partial charge in [0.25, 0.3) is 0 Å². The Balaban J connectivity index is -0.000000000833. The third-order valence-corrected chi connectivity index (χ3v) is 0. The molecular formula is CaCeFeKOW. The molecule has 0 amide bonds. The van der Waals surface area contributed by atoms with Gasteiger partial charge in [0.05, 0.1) is 0 Å². The maximum absolute atomic E-state index is 8.33. The Kier molecular flexibility index (Phi) is 160. The fraction of sp³-hybridized carbons (Fsp3) is 0. The van der Waals surface area contributed by atoms with Crippen molar-refractivity contribution >= 4 is 89.1 Å². The van der Waals surface area contributed by atoms with Crippen LogP contribution in [0.3, 0.4) is 0 Å². The van der Waals surface area contributed by atoms with Gasteiger partial charge in [-0.05, 0) is 0 Å². The van der Waals surface area contributed by atoms with Gasteiger partial charge < -0.3 is 0 Å². The van der Waals surface area contributed by atoms with Crippen molar-refractivity contribution in [1.29, 1.82) is 0 Å². The summed E-state index contributed by atoms with van der Waals surface area (Å²) in [5.41, 5.74) is 0. The zero-order valence-corrected chi connectivity index (χ0v) is 15.9. The monoisotopic (exact) mass is 475 g/mol. The Bertz CT molecular complexity index is 15.5. The van der Waals surface area contributed by atoms with E-state index >= 15 is 0 Å². The van der Waals surface area contributed by atoms with E-state index in [9.17, 15) is 0 Å². The zero-order valence-electron chi connectivity index (χ0n) is 3.38. The molecule has 0 N–H and O–H groups in total. The normalized spacial score (nSPS) is 0.667. The maximum atomic E-state index is 8.33. The molecule has 0 bridgehead atoms. The summed E-state index contributed by atoms with van der Waals surface area (Å²) in [4.78, 5) is 0. The second kappa shape index (κ2) is 31.8. The minimum atomic E-state index is 0. The molecule has 27 valence electrons. The second-order valence-electron chi connectivity index (χ2n) is 0. The average molecular weight is 475 g/mol. The molecule has 0 spiro atoms. The third-order valence-electron chi connectivity index (χ3n) is 0. The predicted octanol–water partition coefficient (Wildman–Crippen LogP) is -0.885. The molecule has 3 radical (unpaired) electrons. The Labute approximate surface area is 165 Å². The second-order valence-corrected chi connectivity index (χ2v) is 0. The van der Waals surface area contributed by atoms with Crippen LogP contribution >= 0.6 is 0 Å². The van der Waals surface area contributed by atoms with E-state index in [0.717, 1.165) is 0 Å². The van der Waals surface area contributed by atoms with Gasteiger partial charge >= 0.3 is 23.2 Å². The van der Waals surface area contributed by atoms with E-state index < -0.39 is 0 Å². The van der Waals surface area contributed by atoms with Crippen LogP contribution < -0.4 is 0 Å². The molecule has 0 saturated carbocycles. The van der Waals surface area contributed by atoms with Gasteiger partial charge in [-0.2, -0.15) is 0 Å². The molecule has 6 heteroatoms. The van der Waals surface area contributed by atoms with Crippen LogP contribution in [0.25, 0.3) is 0 Å². The van der Waals surface area contributed by atoms with Gasteiger partial charge in [0.2, 0.25) is 0 Å². The van der Waals surface area contributed by atoms with Gasteiger partial charge in [-0.25, -0.2) is 0 Å². The van der Waals surface area contributed by atoms with Crippen LogP contribution in [0.5, 0.6) is 0 Å². The van der Waals surface area contributed by atoms with E-state index in [1.807, 2.05) is 0 Å². The molecule has 0 aromatic heterocycles. The standard InChI is InChI=1S/Ca.Ce.Fe.K.O.W. The summed E-state index contributed by atoms with van der Waals surface area (Å²) in [5, 5.41) is 0. The Morgan fingerprint density at radius 1 is 1.17 bits per heavy atom. The van der Waals surface area contributed by atoms with Crippen molar-refractivity contribution < 1.29 is 82.0 Å². The molecule has 0 aliphatic carbocycles. The Morgan fingerprint density at radius 2 is 1.17 bits per heavy atom. The predicted molar refractivity (Wildman–Crippen MR) is 12.2 cm³/mol. The van der Waals surface area contributed by atoms with Crippen molar-refractivity contribution in [2.45, 2.75) is 0 Å². The first-order valence-electron chi connectivity index (χ1n) is 0.167. The van der Waals surface area contributed by atoms with E-state index in [2.05, 4.69) is 0 Å². The zero-order chi connectivity index (χ0) is 2.00. The van der Waals surface area contributed by atoms with Gasteiger partial charge in [-0.15, -0.1) is 0 Å². The van der Waals surface area contributed by atoms with Crippen LogP contribution in [0, 0.1) is 41.7 Å². The summed E-state index contributed by atoms with van der Waals surface area (Å²) in [6.45, 7) is 0. The van der Waals surface area contributed by atoms with Crippen LogP contribution in [-0.2, 0) is 40.2 Å². The molecule has 1 nitrogen and oxygen atoms in total. The van der Waals surface area contributed by atoms with Crippen LogP contribution in [0.1, 0.15) is 0 Å². The molecule has 0 heterocycles. The number of hydrogen-bond acceptors (Lipinski definition) is 1. The van der Waals surface area contributed by atoms with E-state index in [1.165, 1.54) is 0 Å². The van der Waals surface area contributed by atoms with E-state index in [-0.39, 0.29) is 148 Å². The summed E-state index contributed by atoms with van der Waals surface area (Å²) in [6.07, 6.45) is 0. The number of hydrogen-bond donors (Lipinski definition) is 0. The van der Waals surface area contributed by atoms with Crippen LogP contribution in [0.4, 0.5) is 0 Å². The van der Waals surface area contributed by atoms with Gasteiger partial charge in [0.1, 0.15) is 0 Å². The SMILES string of the molecule is [Ca].[Ce].[Fe].[K].[O]=[W]. The molecule has 0 aromatic rings. The summed E-state index contributed by atoms with van der Waals surface area (Å²) in [6, 6.07) is 0. The van der Waals surface area contributed by atoms with Crippen molar-refractivity contribution in [2.75, 3.05) is 0 Å². The van der Waals surface area contributed by atoms with E-state index in [4.69, 9.17) is 3.40 Å². The van der Waals surface area contributed by atoms with Crippen molar-refractivity contribution in [3.05, 3.63) is 0 Å². The first-order valence-corrected chi connectivity index (χ1v) is 1.36. The van der Waals surface area contributed by atoms with Crippen LogP contribution in [0.2, 0.25) is 0 Å². The summed E-state index contributed by atoms with van der Waals surface area (Å²) in [7, 11) is 0. The average Bonchev–Trinajstić information content (AvgIpc) is 1.00. The molecule has 6 heavy (non-hydrogen) atoms. The fourth-order valence-corrected chi connectivity index (χ4v) is 0. The van der Waals surface area contributed by atoms with Crippen molar-refractivity contribution in [2.24, 2.45) is 0 Å².